The number of imidazole rings is 1. The first-order chi connectivity index (χ1) is 9.24. The van der Waals surface area contributed by atoms with E-state index in [2.05, 4.69) is 51.5 Å². The van der Waals surface area contributed by atoms with Crippen molar-refractivity contribution in [2.45, 2.75) is 26.2 Å². The average Bonchev–Trinajstić information content (AvgIpc) is 3.01. The molecule has 0 saturated heterocycles. The molecule has 96 valence electrons. The molecule has 1 aromatic carbocycles. The maximum absolute atomic E-state index is 4.75. The maximum Gasteiger partial charge on any atom is 0.194 e. The van der Waals surface area contributed by atoms with Crippen molar-refractivity contribution in [2.75, 3.05) is 0 Å². The van der Waals surface area contributed by atoms with Gasteiger partial charge in [0.25, 0.3) is 0 Å². The zero-order valence-electron chi connectivity index (χ0n) is 10.6. The smallest absolute Gasteiger partial charge is 0.194 e. The molecule has 0 N–H and O–H groups in total. The molecule has 19 heavy (non-hydrogen) atoms. The summed E-state index contributed by atoms with van der Waals surface area (Å²) in [6, 6.07) is 8.53. The highest BCUT2D eigenvalue weighted by molar-refractivity contribution is 9.10. The van der Waals surface area contributed by atoms with Crippen LogP contribution < -0.4 is 0 Å². The van der Waals surface area contributed by atoms with Gasteiger partial charge in [-0.3, -0.25) is 4.40 Å². The van der Waals surface area contributed by atoms with Crippen molar-refractivity contribution in [3.05, 3.63) is 45.0 Å². The number of hydrogen-bond acceptors (Lipinski definition) is 2. The van der Waals surface area contributed by atoms with E-state index in [0.29, 0.717) is 0 Å². The van der Waals surface area contributed by atoms with Gasteiger partial charge in [-0.05, 0) is 38.3 Å². The van der Waals surface area contributed by atoms with Gasteiger partial charge in [-0.25, -0.2) is 4.98 Å². The van der Waals surface area contributed by atoms with Crippen molar-refractivity contribution < 1.29 is 0 Å². The van der Waals surface area contributed by atoms with Crippen molar-refractivity contribution in [2.24, 2.45) is 0 Å². The zero-order valence-corrected chi connectivity index (χ0v) is 13.0. The molecule has 1 aliphatic carbocycles. The topological polar surface area (TPSA) is 17.3 Å². The van der Waals surface area contributed by atoms with Crippen LogP contribution in [0.15, 0.2) is 28.7 Å². The van der Waals surface area contributed by atoms with Crippen molar-refractivity contribution in [3.8, 4) is 11.3 Å². The minimum absolute atomic E-state index is 1.12. The summed E-state index contributed by atoms with van der Waals surface area (Å²) in [6.07, 6.45) is 3.70. The van der Waals surface area contributed by atoms with Crippen LogP contribution in [0.5, 0.6) is 0 Å². The molecule has 2 heterocycles. The summed E-state index contributed by atoms with van der Waals surface area (Å²) in [5.41, 5.74) is 5.13. The minimum Gasteiger partial charge on any atom is -0.287 e. The molecule has 0 fully saturated rings. The molecule has 0 amide bonds. The van der Waals surface area contributed by atoms with Crippen LogP contribution in [0, 0.1) is 6.92 Å². The first-order valence-corrected chi connectivity index (χ1v) is 8.10. The van der Waals surface area contributed by atoms with Gasteiger partial charge in [-0.15, -0.1) is 11.3 Å². The standard InChI is InChI=1S/C15H13BrN2S/c1-9-14(10-5-7-11(16)8-6-10)18-12-3-2-4-13(12)19-15(18)17-9/h5-8H,2-4H2,1H3. The third-order valence-electron chi connectivity index (χ3n) is 3.76. The van der Waals surface area contributed by atoms with E-state index < -0.39 is 0 Å². The summed E-state index contributed by atoms with van der Waals surface area (Å²) in [7, 11) is 0. The van der Waals surface area contributed by atoms with Gasteiger partial charge in [-0.2, -0.15) is 0 Å². The lowest BCUT2D eigenvalue weighted by molar-refractivity contribution is 0.889. The fraction of sp³-hybridized carbons (Fsp3) is 0.267. The van der Waals surface area contributed by atoms with Crippen LogP contribution in [-0.2, 0) is 12.8 Å². The van der Waals surface area contributed by atoms with Gasteiger partial charge in [0, 0.05) is 20.6 Å². The van der Waals surface area contributed by atoms with E-state index >= 15 is 0 Å². The van der Waals surface area contributed by atoms with Gasteiger partial charge in [0.05, 0.1) is 11.4 Å². The van der Waals surface area contributed by atoms with Crippen molar-refractivity contribution >= 4 is 32.2 Å². The molecule has 2 aromatic heterocycles. The summed E-state index contributed by atoms with van der Waals surface area (Å²) in [5, 5.41) is 0. The Balaban J connectivity index is 2.02. The van der Waals surface area contributed by atoms with E-state index in [1.165, 1.54) is 41.1 Å². The Hall–Kier alpha value is -1.13. The molecule has 0 atom stereocenters. The Morgan fingerprint density at radius 1 is 1.21 bits per heavy atom. The molecular formula is C15H13BrN2S. The van der Waals surface area contributed by atoms with Crippen LogP contribution >= 0.6 is 27.3 Å². The van der Waals surface area contributed by atoms with Crippen LogP contribution in [0.1, 0.15) is 22.7 Å². The van der Waals surface area contributed by atoms with Gasteiger partial charge in [0.2, 0.25) is 0 Å². The average molecular weight is 333 g/mol. The SMILES string of the molecule is Cc1nc2sc3c(n2c1-c1ccc(Br)cc1)CCC3. The fourth-order valence-corrected chi connectivity index (χ4v) is 4.44. The number of aromatic nitrogens is 2. The van der Waals surface area contributed by atoms with Crippen LogP contribution in [0.4, 0.5) is 0 Å². The predicted octanol–water partition coefficient (Wildman–Crippen LogP) is 4.62. The molecule has 0 unspecified atom stereocenters. The quantitative estimate of drug-likeness (QED) is 0.635. The number of nitrogens with zero attached hydrogens (tertiary/aromatic N) is 2. The Kier molecular flexibility index (Phi) is 2.57. The highest BCUT2D eigenvalue weighted by Crippen LogP contribution is 2.36. The monoisotopic (exact) mass is 332 g/mol. The number of rotatable bonds is 1. The van der Waals surface area contributed by atoms with Gasteiger partial charge >= 0.3 is 0 Å². The molecule has 0 saturated carbocycles. The van der Waals surface area contributed by atoms with Crippen molar-refractivity contribution in [1.29, 1.82) is 0 Å². The number of aryl methyl sites for hydroxylation is 3. The number of thiazole rings is 1. The van der Waals surface area contributed by atoms with Crippen LogP contribution in [0.25, 0.3) is 16.2 Å². The Labute approximate surface area is 124 Å². The number of halogens is 1. The highest BCUT2D eigenvalue weighted by Gasteiger charge is 2.22. The lowest BCUT2D eigenvalue weighted by atomic mass is 10.1. The van der Waals surface area contributed by atoms with Crippen molar-refractivity contribution in [1.82, 2.24) is 9.38 Å². The largest absolute Gasteiger partial charge is 0.287 e. The second kappa shape index (κ2) is 4.18. The second-order valence-electron chi connectivity index (χ2n) is 5.00. The first kappa shape index (κ1) is 11.7. The van der Waals surface area contributed by atoms with E-state index in [9.17, 15) is 0 Å². The normalized spacial score (nSPS) is 14.2. The zero-order chi connectivity index (χ0) is 13.0. The summed E-state index contributed by atoms with van der Waals surface area (Å²) < 4.78 is 3.50. The molecule has 1 aliphatic rings. The number of benzene rings is 1. The third kappa shape index (κ3) is 1.70. The molecule has 0 aliphatic heterocycles. The van der Waals surface area contributed by atoms with E-state index in [1.807, 2.05) is 11.3 Å². The first-order valence-electron chi connectivity index (χ1n) is 6.49. The fourth-order valence-electron chi connectivity index (χ4n) is 2.93. The molecule has 2 nitrogen and oxygen atoms in total. The maximum atomic E-state index is 4.75. The molecule has 4 rings (SSSR count). The highest BCUT2D eigenvalue weighted by atomic mass is 79.9. The Bertz CT molecular complexity index is 768. The van der Waals surface area contributed by atoms with Gasteiger partial charge in [0.1, 0.15) is 0 Å². The summed E-state index contributed by atoms with van der Waals surface area (Å²) >= 11 is 5.36. The van der Waals surface area contributed by atoms with E-state index in [-0.39, 0.29) is 0 Å². The summed E-state index contributed by atoms with van der Waals surface area (Å²) in [5.74, 6) is 0. The molecule has 0 bridgehead atoms. The lowest BCUT2D eigenvalue weighted by Crippen LogP contribution is -1.92. The molecule has 0 spiro atoms. The molecule has 3 aromatic rings. The van der Waals surface area contributed by atoms with E-state index in [1.54, 1.807) is 0 Å². The molecule has 4 heteroatoms. The van der Waals surface area contributed by atoms with Gasteiger partial charge in [-0.1, -0.05) is 28.1 Å². The lowest BCUT2D eigenvalue weighted by Gasteiger charge is -2.04. The predicted molar refractivity (Wildman–Crippen MR) is 83.0 cm³/mol. The van der Waals surface area contributed by atoms with Gasteiger partial charge in [0.15, 0.2) is 4.96 Å². The van der Waals surface area contributed by atoms with Crippen molar-refractivity contribution in [3.63, 3.8) is 0 Å². The Morgan fingerprint density at radius 3 is 2.79 bits per heavy atom. The van der Waals surface area contributed by atoms with E-state index in [4.69, 9.17) is 4.98 Å². The van der Waals surface area contributed by atoms with Crippen LogP contribution in [-0.4, -0.2) is 9.38 Å². The van der Waals surface area contributed by atoms with Gasteiger partial charge < -0.3 is 0 Å². The summed E-state index contributed by atoms with van der Waals surface area (Å²) in [4.78, 5) is 7.43. The summed E-state index contributed by atoms with van der Waals surface area (Å²) in [6.45, 7) is 2.11. The minimum atomic E-state index is 1.12. The van der Waals surface area contributed by atoms with Crippen LogP contribution in [0.2, 0.25) is 0 Å². The third-order valence-corrected chi connectivity index (χ3v) is 5.43. The molecular weight excluding hydrogens is 320 g/mol. The van der Waals surface area contributed by atoms with E-state index in [0.717, 1.165) is 15.1 Å². The Morgan fingerprint density at radius 2 is 2.00 bits per heavy atom. The molecule has 0 radical (unpaired) electrons. The van der Waals surface area contributed by atoms with Crippen LogP contribution in [0.3, 0.4) is 0 Å². The second-order valence-corrected chi connectivity index (χ2v) is 6.97. The number of fused-ring (bicyclic) bond motifs is 3. The number of hydrogen-bond donors (Lipinski definition) is 0.